The largest absolute Gasteiger partial charge is 0.573 e. The molecule has 2 aromatic heterocycles. The molecule has 6 aromatic rings. The fourth-order valence-corrected chi connectivity index (χ4v) is 6.75. The lowest BCUT2D eigenvalue weighted by atomic mass is 10.1. The van der Waals surface area contributed by atoms with E-state index in [2.05, 4.69) is 29.8 Å². The number of β-amino-alcohol motifs (C(OH)–C–C–N with tert-alkyl or cyclic N) is 1. The Labute approximate surface area is 355 Å². The number of benzene rings is 4. The Morgan fingerprint density at radius 2 is 1.06 bits per heavy atom. The molecule has 0 radical (unpaired) electrons. The van der Waals surface area contributed by atoms with Crippen molar-refractivity contribution in [2.75, 3.05) is 13.1 Å². The monoisotopic (exact) mass is 904 g/mol. The highest BCUT2D eigenvalue weighted by Gasteiger charge is 2.41. The number of hydrogen-bond donors (Lipinski definition) is 1. The van der Waals surface area contributed by atoms with Crippen LogP contribution in [0.15, 0.2) is 106 Å². The number of ether oxygens (including phenoxy) is 2. The summed E-state index contributed by atoms with van der Waals surface area (Å²) in [4.78, 5) is 49.1. The zero-order chi connectivity index (χ0) is 44.3. The SMILES string of the molecule is O=C(c1ccc(Cl)cc1)N1C[C@H](O)C[C@H]1c1nc(-c2ccc(OC(F)(F)F)cc2)no1.O=C1C[C@@H](c2nc(-c3ccc(OC(F)(F)F)cc3)no2)N(C(=O)c2ccc(Cl)cc2)C1. The number of ketones is 1. The summed E-state index contributed by atoms with van der Waals surface area (Å²) in [5, 5.41) is 18.7. The van der Waals surface area contributed by atoms with Crippen molar-refractivity contribution in [1.82, 2.24) is 30.1 Å². The van der Waals surface area contributed by atoms with E-state index in [9.17, 15) is 45.8 Å². The summed E-state index contributed by atoms with van der Waals surface area (Å²) in [6.07, 6.45) is -10.1. The van der Waals surface area contributed by atoms with Crippen LogP contribution in [0, 0.1) is 0 Å². The van der Waals surface area contributed by atoms with E-state index in [1.165, 1.54) is 34.1 Å². The van der Waals surface area contributed by atoms with Crippen LogP contribution in [-0.2, 0) is 4.79 Å². The molecule has 1 N–H and O–H groups in total. The maximum Gasteiger partial charge on any atom is 0.573 e. The van der Waals surface area contributed by atoms with Crippen molar-refractivity contribution in [3.8, 4) is 34.3 Å². The van der Waals surface area contributed by atoms with Crippen molar-refractivity contribution < 1.29 is 64.4 Å². The Balaban J connectivity index is 0.000000186. The number of aliphatic hydroxyl groups is 1. The third-order valence-corrected chi connectivity index (χ3v) is 9.78. The van der Waals surface area contributed by atoms with Gasteiger partial charge in [0.1, 0.15) is 23.6 Å². The van der Waals surface area contributed by atoms with Gasteiger partial charge >= 0.3 is 12.7 Å². The Bertz CT molecular complexity index is 2540. The topological polar surface area (TPSA) is 174 Å². The van der Waals surface area contributed by atoms with E-state index in [-0.39, 0.29) is 78.5 Å². The molecule has 3 atom stereocenters. The normalized spacial score (nSPS) is 17.8. The fourth-order valence-electron chi connectivity index (χ4n) is 6.50. The first-order chi connectivity index (χ1) is 29.4. The lowest BCUT2D eigenvalue weighted by Crippen LogP contribution is -2.31. The molecule has 4 aromatic carbocycles. The molecule has 0 spiro atoms. The molecule has 4 heterocycles. The molecule has 0 aliphatic carbocycles. The first kappa shape index (κ1) is 43.6. The molecule has 322 valence electrons. The van der Waals surface area contributed by atoms with Crippen LogP contribution < -0.4 is 9.47 Å². The minimum absolute atomic E-state index is 0.0132. The molecule has 2 aliphatic heterocycles. The van der Waals surface area contributed by atoms with Gasteiger partial charge < -0.3 is 33.4 Å². The van der Waals surface area contributed by atoms with Crippen LogP contribution in [0.5, 0.6) is 11.5 Å². The highest BCUT2D eigenvalue weighted by Crippen LogP contribution is 2.35. The predicted molar refractivity (Wildman–Crippen MR) is 204 cm³/mol. The first-order valence-electron chi connectivity index (χ1n) is 18.1. The molecule has 2 saturated heterocycles. The molecular weight excluding hydrogens is 877 g/mol. The van der Waals surface area contributed by atoms with Crippen LogP contribution in [-0.4, -0.2) is 84.7 Å². The molecular formula is C40H28Cl2F6N6O8. The van der Waals surface area contributed by atoms with Crippen LogP contribution in [0.2, 0.25) is 10.0 Å². The zero-order valence-electron chi connectivity index (χ0n) is 31.3. The van der Waals surface area contributed by atoms with Gasteiger partial charge in [-0.2, -0.15) is 9.97 Å². The van der Waals surface area contributed by atoms with Crippen molar-refractivity contribution in [2.45, 2.75) is 43.8 Å². The van der Waals surface area contributed by atoms with Gasteiger partial charge in [0.2, 0.25) is 23.4 Å². The lowest BCUT2D eigenvalue weighted by Gasteiger charge is -2.21. The molecule has 0 saturated carbocycles. The van der Waals surface area contributed by atoms with Gasteiger partial charge in [0, 0.05) is 51.7 Å². The number of amides is 2. The molecule has 2 aliphatic rings. The maximum atomic E-state index is 12.9. The fraction of sp³-hybridized carbons (Fsp3) is 0.225. The summed E-state index contributed by atoms with van der Waals surface area (Å²) in [7, 11) is 0. The minimum atomic E-state index is -4.80. The summed E-state index contributed by atoms with van der Waals surface area (Å²) in [6.45, 7) is -0.0133. The second kappa shape index (κ2) is 17.8. The van der Waals surface area contributed by atoms with Crippen molar-refractivity contribution in [2.24, 2.45) is 0 Å². The predicted octanol–water partition coefficient (Wildman–Crippen LogP) is 8.68. The van der Waals surface area contributed by atoms with Crippen molar-refractivity contribution >= 4 is 40.8 Å². The maximum absolute atomic E-state index is 12.9. The molecule has 8 rings (SSSR count). The van der Waals surface area contributed by atoms with Gasteiger partial charge in [-0.25, -0.2) is 0 Å². The number of likely N-dealkylation sites (tertiary alicyclic amines) is 2. The number of aromatic nitrogens is 4. The van der Waals surface area contributed by atoms with Gasteiger partial charge in [0.05, 0.1) is 12.6 Å². The van der Waals surface area contributed by atoms with Crippen molar-refractivity contribution in [3.05, 3.63) is 130 Å². The highest BCUT2D eigenvalue weighted by molar-refractivity contribution is 6.31. The second-order valence-electron chi connectivity index (χ2n) is 13.6. The van der Waals surface area contributed by atoms with Crippen LogP contribution in [0.1, 0.15) is 57.4 Å². The summed E-state index contributed by atoms with van der Waals surface area (Å²) < 4.78 is 92.0. The van der Waals surface area contributed by atoms with E-state index in [0.29, 0.717) is 32.3 Å². The summed E-state index contributed by atoms with van der Waals surface area (Å²) in [5.74, 6) is -1.24. The van der Waals surface area contributed by atoms with Crippen LogP contribution >= 0.6 is 23.2 Å². The Kier molecular flexibility index (Phi) is 12.5. The molecule has 14 nitrogen and oxygen atoms in total. The number of halogens is 8. The Morgan fingerprint density at radius 3 is 1.50 bits per heavy atom. The molecule has 0 unspecified atom stereocenters. The third-order valence-electron chi connectivity index (χ3n) is 9.27. The minimum Gasteiger partial charge on any atom is -0.406 e. The first-order valence-corrected chi connectivity index (χ1v) is 18.9. The van der Waals surface area contributed by atoms with Crippen molar-refractivity contribution in [3.63, 3.8) is 0 Å². The number of rotatable bonds is 8. The third kappa shape index (κ3) is 10.7. The van der Waals surface area contributed by atoms with Crippen LogP contribution in [0.25, 0.3) is 22.8 Å². The van der Waals surface area contributed by atoms with Gasteiger partial charge in [-0.15, -0.1) is 26.3 Å². The summed E-state index contributed by atoms with van der Waals surface area (Å²) in [5.41, 5.74) is 1.52. The standard InChI is InChI=1S/C20H15ClF3N3O4.C20H13ClF3N3O4/c2*21-13-5-1-12(2-6-13)19(29)27-10-14(28)9-16(27)18-25-17(26-31-18)11-3-7-15(8-4-11)30-20(22,23)24/h1-8,14,16,28H,9-10H2;1-8,16H,9-10H2/t14-,16+;16-/m10/s1. The van der Waals surface area contributed by atoms with Gasteiger partial charge in [-0.1, -0.05) is 33.5 Å². The molecule has 62 heavy (non-hydrogen) atoms. The average Bonchev–Trinajstić information content (AvgIpc) is 4.05. The number of aliphatic hydroxyl groups excluding tert-OH is 1. The van der Waals surface area contributed by atoms with Crippen molar-refractivity contribution in [1.29, 1.82) is 0 Å². The van der Waals surface area contributed by atoms with Crippen LogP contribution in [0.4, 0.5) is 26.3 Å². The number of carbonyl (C=O) groups is 3. The van der Waals surface area contributed by atoms with E-state index < -0.39 is 30.9 Å². The molecule has 0 bridgehead atoms. The molecule has 2 amide bonds. The summed E-state index contributed by atoms with van der Waals surface area (Å²) >= 11 is 11.7. The number of alkyl halides is 6. The quantitative estimate of drug-likeness (QED) is 0.144. The van der Waals surface area contributed by atoms with E-state index >= 15 is 0 Å². The highest BCUT2D eigenvalue weighted by atomic mass is 35.5. The van der Waals surface area contributed by atoms with E-state index in [1.54, 1.807) is 48.5 Å². The van der Waals surface area contributed by atoms with Gasteiger partial charge in [0.25, 0.3) is 11.8 Å². The van der Waals surface area contributed by atoms with E-state index in [1.807, 2.05) is 0 Å². The number of nitrogens with zero attached hydrogens (tertiary/aromatic N) is 6. The zero-order valence-corrected chi connectivity index (χ0v) is 32.8. The number of carbonyl (C=O) groups excluding carboxylic acids is 3. The van der Waals surface area contributed by atoms with Gasteiger partial charge in [-0.05, 0) is 97.1 Å². The second-order valence-corrected chi connectivity index (χ2v) is 14.5. The average molecular weight is 906 g/mol. The van der Waals surface area contributed by atoms with E-state index in [0.717, 1.165) is 24.3 Å². The van der Waals surface area contributed by atoms with Gasteiger partial charge in [-0.3, -0.25) is 14.4 Å². The molecule has 22 heteroatoms. The Morgan fingerprint density at radius 1 is 0.645 bits per heavy atom. The smallest absolute Gasteiger partial charge is 0.406 e. The lowest BCUT2D eigenvalue weighted by molar-refractivity contribution is -0.275. The van der Waals surface area contributed by atoms with E-state index in [4.69, 9.17) is 32.2 Å². The van der Waals surface area contributed by atoms with Crippen LogP contribution in [0.3, 0.4) is 0 Å². The summed E-state index contributed by atoms with van der Waals surface area (Å²) in [6, 6.07) is 21.1. The number of Topliss-reactive ketones (excluding diaryl/α,β-unsaturated/α-hetero) is 1. The van der Waals surface area contributed by atoms with Gasteiger partial charge in [0.15, 0.2) is 5.78 Å². The number of hydrogen-bond acceptors (Lipinski definition) is 12. The Hall–Kier alpha value is -6.51. The molecule has 2 fully saturated rings.